The highest BCUT2D eigenvalue weighted by atomic mass is 31.2. The zero-order chi connectivity index (χ0) is 26.8. The summed E-state index contributed by atoms with van der Waals surface area (Å²) in [6.45, 7) is 2.53. The molecule has 5 aromatic rings. The van der Waals surface area contributed by atoms with Gasteiger partial charge in [-0.25, -0.2) is 4.74 Å². The van der Waals surface area contributed by atoms with Crippen LogP contribution in [-0.2, 0) is 4.74 Å². The molecule has 1 saturated heterocycles. The highest BCUT2D eigenvalue weighted by Gasteiger charge is 2.36. The second-order valence-electron chi connectivity index (χ2n) is 9.38. The van der Waals surface area contributed by atoms with Gasteiger partial charge in [0.15, 0.2) is 0 Å². The Labute approximate surface area is 226 Å². The van der Waals surface area contributed by atoms with Crippen LogP contribution in [-0.4, -0.2) is 43.0 Å². The van der Waals surface area contributed by atoms with E-state index in [9.17, 15) is 10.1 Å². The van der Waals surface area contributed by atoms with E-state index in [1.54, 1.807) is 13.2 Å². The van der Waals surface area contributed by atoms with Gasteiger partial charge in [0.1, 0.15) is 11.4 Å². The molecular weight excluding hydrogens is 509 g/mol. The number of rotatable bonds is 6. The molecule has 6 rings (SSSR count). The number of non-ortho nitro benzene ring substituents is 1. The molecule has 0 aliphatic carbocycles. The van der Waals surface area contributed by atoms with Crippen molar-refractivity contribution < 1.29 is 14.4 Å². The van der Waals surface area contributed by atoms with E-state index >= 15 is 0 Å². The predicted octanol–water partition coefficient (Wildman–Crippen LogP) is 6.64. The number of hydrogen-bond donors (Lipinski definition) is 0. The number of nitro groups is 1. The monoisotopic (exact) mass is 537 g/mol. The summed E-state index contributed by atoms with van der Waals surface area (Å²) in [7, 11) is -1.23. The summed E-state index contributed by atoms with van der Waals surface area (Å²) in [6.07, 6.45) is 0. The molecule has 196 valence electrons. The molecule has 0 spiro atoms. The summed E-state index contributed by atoms with van der Waals surface area (Å²) in [5, 5.41) is 18.5. The van der Waals surface area contributed by atoms with E-state index in [1.165, 1.54) is 12.1 Å². The molecule has 0 saturated carbocycles. The van der Waals surface area contributed by atoms with Crippen LogP contribution in [0.4, 0.5) is 11.4 Å². The third kappa shape index (κ3) is 4.49. The lowest BCUT2D eigenvalue weighted by Gasteiger charge is -2.40. The molecule has 0 amide bonds. The molecule has 0 N–H and O–H groups in total. The maximum absolute atomic E-state index is 11.8. The first kappa shape index (κ1) is 25.3. The average Bonchev–Trinajstić information content (AvgIpc) is 2.99. The molecule has 5 aromatic carbocycles. The Hall–Kier alpha value is -4.03. The first-order valence-electron chi connectivity index (χ1n) is 12.9. The average molecular weight is 538 g/mol. The lowest BCUT2D eigenvalue weighted by atomic mass is 10.1. The van der Waals surface area contributed by atoms with Gasteiger partial charge in [-0.3, -0.25) is 14.8 Å². The van der Waals surface area contributed by atoms with Crippen LogP contribution in [0.25, 0.3) is 21.5 Å². The number of nitro benzene ring substituents is 1. The second-order valence-corrected chi connectivity index (χ2v) is 12.3. The third-order valence-electron chi connectivity index (χ3n) is 7.23. The molecule has 0 radical (unpaired) electrons. The smallest absolute Gasteiger partial charge is 0.271 e. The van der Waals surface area contributed by atoms with Gasteiger partial charge in [0.25, 0.3) is 5.69 Å². The largest absolute Gasteiger partial charge is 0.494 e. The summed E-state index contributed by atoms with van der Waals surface area (Å²) in [5.41, 5.74) is 0.442. The van der Waals surface area contributed by atoms with Crippen molar-refractivity contribution in [3.63, 3.8) is 0 Å². The summed E-state index contributed by atoms with van der Waals surface area (Å²) in [5.74, 6) is 0.499. The molecule has 1 fully saturated rings. The maximum atomic E-state index is 11.8. The fraction of sp³-hybridized carbons (Fsp3) is 0.161. The van der Waals surface area contributed by atoms with E-state index in [1.807, 2.05) is 12.1 Å². The second kappa shape index (κ2) is 10.6. The quantitative estimate of drug-likeness (QED) is 0.138. The normalized spacial score (nSPS) is 14.4. The van der Waals surface area contributed by atoms with Gasteiger partial charge in [-0.2, -0.15) is 0 Å². The molecular formula is C31H28N3O4P. The van der Waals surface area contributed by atoms with Crippen LogP contribution in [0.3, 0.4) is 0 Å². The van der Waals surface area contributed by atoms with Crippen molar-refractivity contribution in [2.45, 2.75) is 0 Å². The lowest BCUT2D eigenvalue weighted by Crippen LogP contribution is -2.40. The van der Waals surface area contributed by atoms with Crippen LogP contribution < -0.4 is 15.3 Å². The summed E-state index contributed by atoms with van der Waals surface area (Å²) < 4.78 is 19.6. The fourth-order valence-corrected chi connectivity index (χ4v) is 9.52. The van der Waals surface area contributed by atoms with Crippen LogP contribution in [0.5, 0.6) is 5.75 Å². The first-order chi connectivity index (χ1) is 19.1. The molecule has 39 heavy (non-hydrogen) atoms. The Morgan fingerprint density at radius 3 is 1.95 bits per heavy atom. The van der Waals surface area contributed by atoms with E-state index in [2.05, 4.69) is 77.5 Å². The zero-order valence-electron chi connectivity index (χ0n) is 21.6. The Bertz CT molecular complexity index is 1650. The number of ether oxygens (including phenoxy) is 2. The van der Waals surface area contributed by atoms with Crippen molar-refractivity contribution in [2.24, 2.45) is 4.74 Å². The first-order valence-corrected chi connectivity index (χ1v) is 14.6. The topological polar surface area (TPSA) is 77.2 Å². The van der Waals surface area contributed by atoms with Crippen LogP contribution >= 0.6 is 7.21 Å². The Morgan fingerprint density at radius 1 is 0.821 bits per heavy atom. The number of benzene rings is 5. The van der Waals surface area contributed by atoms with Gasteiger partial charge in [-0.15, -0.1) is 0 Å². The molecule has 7 nitrogen and oxygen atoms in total. The van der Waals surface area contributed by atoms with E-state index < -0.39 is 7.21 Å². The van der Waals surface area contributed by atoms with Crippen molar-refractivity contribution >= 4 is 50.7 Å². The fourth-order valence-electron chi connectivity index (χ4n) is 5.44. The van der Waals surface area contributed by atoms with E-state index in [4.69, 9.17) is 14.2 Å². The van der Waals surface area contributed by atoms with Crippen molar-refractivity contribution in [1.29, 1.82) is 0 Å². The zero-order valence-corrected chi connectivity index (χ0v) is 22.5. The summed E-state index contributed by atoms with van der Waals surface area (Å²) in [4.78, 5) is 11.4. The Morgan fingerprint density at radius 2 is 1.38 bits per heavy atom. The van der Waals surface area contributed by atoms with Crippen molar-refractivity contribution in [1.82, 2.24) is 4.67 Å². The van der Waals surface area contributed by atoms with Crippen LogP contribution in [0.1, 0.15) is 0 Å². The number of morpholine rings is 1. The highest BCUT2D eigenvalue weighted by molar-refractivity contribution is 7.79. The highest BCUT2D eigenvalue weighted by Crippen LogP contribution is 2.57. The van der Waals surface area contributed by atoms with Gasteiger partial charge < -0.3 is 9.47 Å². The molecule has 0 bridgehead atoms. The standard InChI is InChI=1S/C31H28N3O4P/c1-37-29-17-16-25(34(35)36)22-28(29)32-39(33-18-20-38-21-19-33,30-14-6-10-23-8-2-4-12-26(23)30)31-15-7-11-24-9-3-5-13-27(24)31/h2-17,22H,18-21H2,1H3. The van der Waals surface area contributed by atoms with E-state index in [0.717, 1.165) is 32.2 Å². The summed E-state index contributed by atoms with van der Waals surface area (Å²) >= 11 is 0. The summed E-state index contributed by atoms with van der Waals surface area (Å²) in [6, 6.07) is 34.1. The van der Waals surface area contributed by atoms with Gasteiger partial charge >= 0.3 is 0 Å². The van der Waals surface area contributed by atoms with Gasteiger partial charge in [-0.05, 0) is 27.6 Å². The van der Waals surface area contributed by atoms with Gasteiger partial charge in [0, 0.05) is 35.8 Å². The minimum absolute atomic E-state index is 0.0227. The molecule has 0 atom stereocenters. The molecule has 8 heteroatoms. The van der Waals surface area contributed by atoms with Crippen LogP contribution in [0, 0.1) is 10.1 Å². The maximum Gasteiger partial charge on any atom is 0.271 e. The van der Waals surface area contributed by atoms with Gasteiger partial charge in [0.2, 0.25) is 0 Å². The minimum Gasteiger partial charge on any atom is -0.494 e. The van der Waals surface area contributed by atoms with Crippen LogP contribution in [0.15, 0.2) is 108 Å². The van der Waals surface area contributed by atoms with E-state index in [-0.39, 0.29) is 10.6 Å². The Balaban J connectivity index is 1.83. The van der Waals surface area contributed by atoms with Crippen molar-refractivity contribution in [3.05, 3.63) is 113 Å². The molecule has 0 aromatic heterocycles. The number of nitrogens with zero attached hydrogens (tertiary/aromatic N) is 3. The SMILES string of the molecule is COc1ccc([N+](=O)[O-])cc1N=P(c1cccc2ccccc12)(c1cccc2ccccc12)N1CCOCC1. The predicted molar refractivity (Wildman–Crippen MR) is 158 cm³/mol. The number of hydrogen-bond acceptors (Lipinski definition) is 5. The van der Waals surface area contributed by atoms with Crippen molar-refractivity contribution in [2.75, 3.05) is 33.4 Å². The van der Waals surface area contributed by atoms with Gasteiger partial charge in [0.05, 0.1) is 32.5 Å². The third-order valence-corrected chi connectivity index (χ3v) is 11.1. The van der Waals surface area contributed by atoms with Gasteiger partial charge in [-0.1, -0.05) is 84.9 Å². The lowest BCUT2D eigenvalue weighted by molar-refractivity contribution is -0.384. The Kier molecular flexibility index (Phi) is 6.88. The van der Waals surface area contributed by atoms with Crippen LogP contribution in [0.2, 0.25) is 0 Å². The molecule has 0 unspecified atom stereocenters. The number of fused-ring (bicyclic) bond motifs is 2. The minimum atomic E-state index is -2.80. The molecule has 1 aliphatic heterocycles. The molecule has 1 heterocycles. The number of methoxy groups -OCH3 is 1. The van der Waals surface area contributed by atoms with E-state index in [0.29, 0.717) is 37.7 Å². The molecule has 1 aliphatic rings. The van der Waals surface area contributed by atoms with Crippen molar-refractivity contribution in [3.8, 4) is 5.75 Å².